The van der Waals surface area contributed by atoms with Crippen LogP contribution in [0.3, 0.4) is 0 Å². The van der Waals surface area contributed by atoms with E-state index < -0.39 is 0 Å². The molecule has 0 saturated carbocycles. The number of unbranched alkanes of at least 4 members (excludes halogenated alkanes) is 6. The molecule has 1 aromatic rings. The first-order valence-electron chi connectivity index (χ1n) is 8.21. The lowest BCUT2D eigenvalue weighted by Gasteiger charge is -2.06. The van der Waals surface area contributed by atoms with E-state index in [9.17, 15) is 4.79 Å². The molecule has 1 amide bonds. The molecule has 0 aliphatic rings. The van der Waals surface area contributed by atoms with Gasteiger partial charge in [0.1, 0.15) is 0 Å². The monoisotopic (exact) mass is 291 g/mol. The Bertz CT molecular complexity index is 387. The number of hydrogen-bond acceptors (Lipinski definition) is 2. The van der Waals surface area contributed by atoms with Crippen molar-refractivity contribution in [2.75, 3.05) is 0 Å². The number of benzene rings is 1. The zero-order valence-corrected chi connectivity index (χ0v) is 13.2. The molecule has 2 N–H and O–H groups in total. The summed E-state index contributed by atoms with van der Waals surface area (Å²) in [6, 6.07) is 7.66. The maximum Gasteiger partial charge on any atom is 0.220 e. The Morgan fingerprint density at radius 2 is 1.52 bits per heavy atom. The van der Waals surface area contributed by atoms with Crippen molar-refractivity contribution < 1.29 is 9.90 Å². The number of carbonyl (C=O) groups is 1. The molecule has 0 bridgehead atoms. The maximum absolute atomic E-state index is 11.7. The Labute approximate surface area is 128 Å². The Morgan fingerprint density at radius 1 is 0.952 bits per heavy atom. The van der Waals surface area contributed by atoms with Crippen molar-refractivity contribution in [1.82, 2.24) is 5.32 Å². The molecule has 3 heteroatoms. The summed E-state index contributed by atoms with van der Waals surface area (Å²) in [7, 11) is 0. The predicted octanol–water partition coefficient (Wildman–Crippen LogP) is 3.94. The van der Waals surface area contributed by atoms with Crippen LogP contribution >= 0.6 is 0 Å². The molecule has 0 saturated heterocycles. The van der Waals surface area contributed by atoms with Crippen LogP contribution in [0.25, 0.3) is 0 Å². The molecule has 0 aliphatic heterocycles. The van der Waals surface area contributed by atoms with Crippen LogP contribution in [0, 0.1) is 0 Å². The van der Waals surface area contributed by atoms with Gasteiger partial charge in [-0.15, -0.1) is 0 Å². The molecule has 0 atom stereocenters. The van der Waals surface area contributed by atoms with E-state index in [1.165, 1.54) is 32.1 Å². The zero-order chi connectivity index (χ0) is 15.3. The van der Waals surface area contributed by atoms with Crippen LogP contribution in [-0.2, 0) is 17.9 Å². The molecule has 1 aromatic carbocycles. The standard InChI is InChI=1S/C18H29NO2/c1-2-3-4-5-6-7-8-9-18(21)19-14-16-10-12-17(15-20)13-11-16/h10-13,20H,2-9,14-15H2,1H3,(H,19,21). The minimum atomic E-state index is 0.0604. The quantitative estimate of drug-likeness (QED) is 0.607. The molecule has 0 radical (unpaired) electrons. The number of carbonyl (C=O) groups excluding carboxylic acids is 1. The minimum Gasteiger partial charge on any atom is -0.392 e. The number of amides is 1. The summed E-state index contributed by atoms with van der Waals surface area (Å²) >= 11 is 0. The molecule has 3 nitrogen and oxygen atoms in total. The summed E-state index contributed by atoms with van der Waals surface area (Å²) in [5.74, 6) is 0.134. The highest BCUT2D eigenvalue weighted by atomic mass is 16.3. The summed E-state index contributed by atoms with van der Waals surface area (Å²) in [6.45, 7) is 2.85. The van der Waals surface area contributed by atoms with Crippen molar-refractivity contribution in [2.24, 2.45) is 0 Å². The fourth-order valence-corrected chi connectivity index (χ4v) is 2.29. The number of aliphatic hydroxyl groups is 1. The highest BCUT2D eigenvalue weighted by Gasteiger charge is 2.01. The van der Waals surface area contributed by atoms with E-state index in [0.717, 1.165) is 24.0 Å². The molecule has 21 heavy (non-hydrogen) atoms. The minimum absolute atomic E-state index is 0.0604. The lowest BCUT2D eigenvalue weighted by molar-refractivity contribution is -0.121. The second kappa shape index (κ2) is 11.3. The van der Waals surface area contributed by atoms with E-state index in [1.807, 2.05) is 24.3 Å². The Hall–Kier alpha value is -1.35. The van der Waals surface area contributed by atoms with Crippen LogP contribution in [0.15, 0.2) is 24.3 Å². The topological polar surface area (TPSA) is 49.3 Å². The van der Waals surface area contributed by atoms with Crippen LogP contribution in [0.2, 0.25) is 0 Å². The molecular weight excluding hydrogens is 262 g/mol. The molecule has 0 spiro atoms. The van der Waals surface area contributed by atoms with Crippen LogP contribution in [0.1, 0.15) is 69.4 Å². The SMILES string of the molecule is CCCCCCCCCC(=O)NCc1ccc(CO)cc1. The van der Waals surface area contributed by atoms with Gasteiger partial charge in [-0.1, -0.05) is 69.7 Å². The van der Waals surface area contributed by atoms with Crippen molar-refractivity contribution in [3.8, 4) is 0 Å². The van der Waals surface area contributed by atoms with E-state index in [0.29, 0.717) is 13.0 Å². The van der Waals surface area contributed by atoms with E-state index in [2.05, 4.69) is 12.2 Å². The molecule has 1 rings (SSSR count). The summed E-state index contributed by atoms with van der Waals surface area (Å²) < 4.78 is 0. The Balaban J connectivity index is 2.05. The highest BCUT2D eigenvalue weighted by Crippen LogP contribution is 2.08. The van der Waals surface area contributed by atoms with Gasteiger partial charge in [-0.05, 0) is 17.5 Å². The van der Waals surface area contributed by atoms with Gasteiger partial charge in [-0.3, -0.25) is 4.79 Å². The van der Waals surface area contributed by atoms with Gasteiger partial charge in [0, 0.05) is 13.0 Å². The predicted molar refractivity (Wildman–Crippen MR) is 86.8 cm³/mol. The van der Waals surface area contributed by atoms with Gasteiger partial charge in [0.25, 0.3) is 0 Å². The molecule has 0 unspecified atom stereocenters. The third-order valence-electron chi connectivity index (χ3n) is 3.70. The fraction of sp³-hybridized carbons (Fsp3) is 0.611. The molecule has 0 aromatic heterocycles. The molecule has 0 aliphatic carbocycles. The van der Waals surface area contributed by atoms with Crippen molar-refractivity contribution in [1.29, 1.82) is 0 Å². The van der Waals surface area contributed by atoms with Crippen molar-refractivity contribution in [2.45, 2.75) is 71.4 Å². The number of hydrogen-bond donors (Lipinski definition) is 2. The van der Waals surface area contributed by atoms with Gasteiger partial charge in [-0.2, -0.15) is 0 Å². The van der Waals surface area contributed by atoms with Crippen LogP contribution in [-0.4, -0.2) is 11.0 Å². The number of aliphatic hydroxyl groups excluding tert-OH is 1. The average Bonchev–Trinajstić information content (AvgIpc) is 2.52. The number of nitrogens with one attached hydrogen (secondary N) is 1. The largest absolute Gasteiger partial charge is 0.392 e. The maximum atomic E-state index is 11.7. The first kappa shape index (κ1) is 17.7. The van der Waals surface area contributed by atoms with Crippen molar-refractivity contribution >= 4 is 5.91 Å². The summed E-state index contributed by atoms with van der Waals surface area (Å²) in [6.07, 6.45) is 9.25. The fourth-order valence-electron chi connectivity index (χ4n) is 2.29. The molecule has 0 fully saturated rings. The molecule has 0 heterocycles. The first-order valence-corrected chi connectivity index (χ1v) is 8.21. The summed E-state index contributed by atoms with van der Waals surface area (Å²) in [5, 5.41) is 11.9. The number of rotatable bonds is 11. The van der Waals surface area contributed by atoms with Gasteiger partial charge in [-0.25, -0.2) is 0 Å². The van der Waals surface area contributed by atoms with Crippen LogP contribution in [0.4, 0.5) is 0 Å². The Kier molecular flexibility index (Phi) is 9.55. The smallest absolute Gasteiger partial charge is 0.220 e. The second-order valence-electron chi connectivity index (χ2n) is 5.62. The first-order chi connectivity index (χ1) is 10.3. The molecular formula is C18H29NO2. The van der Waals surface area contributed by atoms with Gasteiger partial charge < -0.3 is 10.4 Å². The second-order valence-corrected chi connectivity index (χ2v) is 5.62. The average molecular weight is 291 g/mol. The zero-order valence-electron chi connectivity index (χ0n) is 13.2. The highest BCUT2D eigenvalue weighted by molar-refractivity contribution is 5.75. The molecule has 118 valence electrons. The normalized spacial score (nSPS) is 10.6. The van der Waals surface area contributed by atoms with E-state index in [-0.39, 0.29) is 12.5 Å². The van der Waals surface area contributed by atoms with Crippen molar-refractivity contribution in [3.63, 3.8) is 0 Å². The van der Waals surface area contributed by atoms with Gasteiger partial charge >= 0.3 is 0 Å². The summed E-state index contributed by atoms with van der Waals surface area (Å²) in [4.78, 5) is 11.7. The third-order valence-corrected chi connectivity index (χ3v) is 3.70. The van der Waals surface area contributed by atoms with E-state index in [4.69, 9.17) is 5.11 Å². The lowest BCUT2D eigenvalue weighted by atomic mass is 10.1. The Morgan fingerprint density at radius 3 is 2.14 bits per heavy atom. The van der Waals surface area contributed by atoms with Gasteiger partial charge in [0.2, 0.25) is 5.91 Å². The third kappa shape index (κ3) is 8.51. The van der Waals surface area contributed by atoms with Crippen LogP contribution in [0.5, 0.6) is 0 Å². The lowest BCUT2D eigenvalue weighted by Crippen LogP contribution is -2.22. The van der Waals surface area contributed by atoms with Crippen molar-refractivity contribution in [3.05, 3.63) is 35.4 Å². The van der Waals surface area contributed by atoms with Crippen LogP contribution < -0.4 is 5.32 Å². The van der Waals surface area contributed by atoms with Gasteiger partial charge in [0.15, 0.2) is 0 Å². The van der Waals surface area contributed by atoms with Gasteiger partial charge in [0.05, 0.1) is 6.61 Å². The summed E-state index contributed by atoms with van der Waals surface area (Å²) in [5.41, 5.74) is 1.97. The van der Waals surface area contributed by atoms with E-state index >= 15 is 0 Å². The van der Waals surface area contributed by atoms with E-state index in [1.54, 1.807) is 0 Å².